The Morgan fingerprint density at radius 2 is 2.14 bits per heavy atom. The molecule has 0 saturated heterocycles. The van der Waals surface area contributed by atoms with Crippen LogP contribution in [0, 0.1) is 16.0 Å². The fraction of sp³-hybridized carbons (Fsp3) is 0.500. The third kappa shape index (κ3) is 4.07. The molecule has 1 aliphatic carbocycles. The number of nitrogens with one attached hydrogen (secondary N) is 1. The number of carbonyl (C=O) groups is 1. The minimum absolute atomic E-state index is 0.0874. The van der Waals surface area contributed by atoms with Gasteiger partial charge >= 0.3 is 6.09 Å². The van der Waals surface area contributed by atoms with Crippen molar-refractivity contribution < 1.29 is 14.5 Å². The summed E-state index contributed by atoms with van der Waals surface area (Å²) in [6.45, 7) is 2.07. The summed E-state index contributed by atoms with van der Waals surface area (Å²) in [5.74, 6) is 0.344. The van der Waals surface area contributed by atoms with Gasteiger partial charge in [-0.2, -0.15) is 0 Å². The Morgan fingerprint density at radius 3 is 2.76 bits per heavy atom. The smallest absolute Gasteiger partial charge is 0.411 e. The van der Waals surface area contributed by atoms with Crippen molar-refractivity contribution in [2.75, 3.05) is 5.32 Å². The van der Waals surface area contributed by atoms with E-state index < -0.39 is 11.0 Å². The molecule has 0 spiro atoms. The van der Waals surface area contributed by atoms with Crippen molar-refractivity contribution in [3.8, 4) is 0 Å². The van der Waals surface area contributed by atoms with Crippen molar-refractivity contribution in [3.63, 3.8) is 0 Å². The lowest BCUT2D eigenvalue weighted by atomic mass is 9.88. The SMILES string of the molecule is C[C@H]1CCCC[C@@H]1OC(=O)Nc1ccc([N+](=O)[O-])cc1Cl. The van der Waals surface area contributed by atoms with Gasteiger partial charge in [-0.3, -0.25) is 15.4 Å². The average molecular weight is 313 g/mol. The number of nitro groups is 1. The van der Waals surface area contributed by atoms with E-state index in [2.05, 4.69) is 12.2 Å². The van der Waals surface area contributed by atoms with E-state index in [0.717, 1.165) is 25.7 Å². The van der Waals surface area contributed by atoms with Crippen molar-refractivity contribution in [1.82, 2.24) is 0 Å². The van der Waals surface area contributed by atoms with Gasteiger partial charge < -0.3 is 4.74 Å². The van der Waals surface area contributed by atoms with E-state index >= 15 is 0 Å². The standard InChI is InChI=1S/C14H17ClN2O4/c1-9-4-2-3-5-13(9)21-14(18)16-12-7-6-10(17(19)20)8-11(12)15/h6-9,13H,2-5H2,1H3,(H,16,18)/t9-,13-/m0/s1. The van der Waals surface area contributed by atoms with Gasteiger partial charge in [-0.1, -0.05) is 24.9 Å². The number of amides is 1. The van der Waals surface area contributed by atoms with Gasteiger partial charge in [-0.15, -0.1) is 0 Å². The van der Waals surface area contributed by atoms with Crippen LogP contribution in [0.3, 0.4) is 0 Å². The van der Waals surface area contributed by atoms with Crippen molar-refractivity contribution in [3.05, 3.63) is 33.3 Å². The number of anilines is 1. The van der Waals surface area contributed by atoms with Gasteiger partial charge in [0.15, 0.2) is 0 Å². The summed E-state index contributed by atoms with van der Waals surface area (Å²) in [4.78, 5) is 21.9. The molecule has 6 nitrogen and oxygen atoms in total. The first-order valence-electron chi connectivity index (χ1n) is 6.89. The largest absolute Gasteiger partial charge is 0.446 e. The molecule has 0 unspecified atom stereocenters. The molecule has 0 heterocycles. The topological polar surface area (TPSA) is 81.5 Å². The third-order valence-electron chi connectivity index (χ3n) is 3.69. The highest BCUT2D eigenvalue weighted by molar-refractivity contribution is 6.33. The number of non-ortho nitro benzene ring substituents is 1. The maximum atomic E-state index is 11.9. The highest BCUT2D eigenvalue weighted by Crippen LogP contribution is 2.29. The van der Waals surface area contributed by atoms with Gasteiger partial charge in [0.25, 0.3) is 5.69 Å². The molecule has 2 rings (SSSR count). The van der Waals surface area contributed by atoms with Gasteiger partial charge in [-0.25, -0.2) is 4.79 Å². The fourth-order valence-electron chi connectivity index (χ4n) is 2.45. The second-order valence-electron chi connectivity index (χ2n) is 5.25. The van der Waals surface area contributed by atoms with Crippen LogP contribution in [0.15, 0.2) is 18.2 Å². The van der Waals surface area contributed by atoms with E-state index in [-0.39, 0.29) is 16.8 Å². The highest BCUT2D eigenvalue weighted by Gasteiger charge is 2.25. The Labute approximate surface area is 127 Å². The summed E-state index contributed by atoms with van der Waals surface area (Å²) in [5, 5.41) is 13.3. The molecule has 1 aromatic rings. The molecule has 2 atom stereocenters. The van der Waals surface area contributed by atoms with E-state index in [1.54, 1.807) is 0 Å². The van der Waals surface area contributed by atoms with Crippen LogP contribution in [0.1, 0.15) is 32.6 Å². The normalized spacial score (nSPS) is 21.6. The monoisotopic (exact) mass is 312 g/mol. The van der Waals surface area contributed by atoms with E-state index in [1.807, 2.05) is 0 Å². The number of rotatable bonds is 3. The molecule has 1 aliphatic rings. The zero-order chi connectivity index (χ0) is 15.4. The Balaban J connectivity index is 1.97. The summed E-state index contributed by atoms with van der Waals surface area (Å²) >= 11 is 5.91. The van der Waals surface area contributed by atoms with Crippen LogP contribution in [-0.4, -0.2) is 17.1 Å². The molecule has 0 aromatic heterocycles. The first-order valence-corrected chi connectivity index (χ1v) is 7.26. The Kier molecular flexibility index (Phi) is 5.01. The molecule has 7 heteroatoms. The predicted octanol–water partition coefficient (Wildman–Crippen LogP) is 4.38. The van der Waals surface area contributed by atoms with Crippen LogP contribution in [0.4, 0.5) is 16.2 Å². The third-order valence-corrected chi connectivity index (χ3v) is 4.00. The molecule has 0 aliphatic heterocycles. The number of hydrogen-bond acceptors (Lipinski definition) is 4. The molecule has 0 radical (unpaired) electrons. The van der Waals surface area contributed by atoms with E-state index in [9.17, 15) is 14.9 Å². The Bertz CT molecular complexity index is 550. The number of halogens is 1. The zero-order valence-electron chi connectivity index (χ0n) is 11.7. The minimum Gasteiger partial charge on any atom is -0.446 e. The average Bonchev–Trinajstić information content (AvgIpc) is 2.43. The number of hydrogen-bond donors (Lipinski definition) is 1. The van der Waals surface area contributed by atoms with Gasteiger partial charge in [-0.05, 0) is 31.2 Å². The molecule has 1 amide bonds. The van der Waals surface area contributed by atoms with Crippen molar-refractivity contribution >= 4 is 29.1 Å². The maximum absolute atomic E-state index is 11.9. The van der Waals surface area contributed by atoms with Crippen LogP contribution in [0.2, 0.25) is 5.02 Å². The Morgan fingerprint density at radius 1 is 1.43 bits per heavy atom. The van der Waals surface area contributed by atoms with Crippen LogP contribution in [0.5, 0.6) is 0 Å². The quantitative estimate of drug-likeness (QED) is 0.663. The van der Waals surface area contributed by atoms with Crippen molar-refractivity contribution in [1.29, 1.82) is 0 Å². The number of nitro benzene ring substituents is 1. The van der Waals surface area contributed by atoms with Gasteiger partial charge in [0.2, 0.25) is 0 Å². The van der Waals surface area contributed by atoms with Gasteiger partial charge in [0.05, 0.1) is 15.6 Å². The predicted molar refractivity (Wildman–Crippen MR) is 79.6 cm³/mol. The summed E-state index contributed by atoms with van der Waals surface area (Å²) in [5.41, 5.74) is 0.176. The lowest BCUT2D eigenvalue weighted by Crippen LogP contribution is -2.30. The molecule has 1 aromatic carbocycles. The van der Waals surface area contributed by atoms with Crippen molar-refractivity contribution in [2.24, 2.45) is 5.92 Å². The Hall–Kier alpha value is -1.82. The van der Waals surface area contributed by atoms with E-state index in [0.29, 0.717) is 11.6 Å². The second-order valence-corrected chi connectivity index (χ2v) is 5.66. The molecular formula is C14H17ClN2O4. The molecular weight excluding hydrogens is 296 g/mol. The molecule has 21 heavy (non-hydrogen) atoms. The first-order chi connectivity index (χ1) is 9.97. The molecule has 0 bridgehead atoms. The van der Waals surface area contributed by atoms with Gasteiger partial charge in [0.1, 0.15) is 6.10 Å². The first kappa shape index (κ1) is 15.6. The minimum atomic E-state index is -0.579. The maximum Gasteiger partial charge on any atom is 0.411 e. The van der Waals surface area contributed by atoms with Crippen LogP contribution < -0.4 is 5.32 Å². The summed E-state index contributed by atoms with van der Waals surface area (Å²) < 4.78 is 5.40. The second kappa shape index (κ2) is 6.76. The van der Waals surface area contributed by atoms with E-state index in [1.165, 1.54) is 18.2 Å². The number of carbonyl (C=O) groups excluding carboxylic acids is 1. The van der Waals surface area contributed by atoms with Crippen molar-refractivity contribution in [2.45, 2.75) is 38.7 Å². The van der Waals surface area contributed by atoms with Gasteiger partial charge in [0, 0.05) is 12.1 Å². The summed E-state index contributed by atoms with van der Waals surface area (Å²) in [6, 6.07) is 3.87. The van der Waals surface area contributed by atoms with Crippen LogP contribution in [-0.2, 0) is 4.74 Å². The van der Waals surface area contributed by atoms with Crippen LogP contribution in [0.25, 0.3) is 0 Å². The van der Waals surface area contributed by atoms with E-state index in [4.69, 9.17) is 16.3 Å². The summed E-state index contributed by atoms with van der Waals surface area (Å²) in [7, 11) is 0. The molecule has 1 saturated carbocycles. The van der Waals surface area contributed by atoms with Crippen LogP contribution >= 0.6 is 11.6 Å². The number of ether oxygens (including phenoxy) is 1. The molecule has 1 N–H and O–H groups in total. The molecule has 1 fully saturated rings. The molecule has 114 valence electrons. The lowest BCUT2D eigenvalue weighted by Gasteiger charge is -2.28. The zero-order valence-corrected chi connectivity index (χ0v) is 12.4. The summed E-state index contributed by atoms with van der Waals surface area (Å²) in [6.07, 6.45) is 3.47. The fourth-order valence-corrected chi connectivity index (χ4v) is 2.68. The number of nitrogens with zero attached hydrogens (tertiary/aromatic N) is 1. The number of benzene rings is 1. The lowest BCUT2D eigenvalue weighted by molar-refractivity contribution is -0.384. The highest BCUT2D eigenvalue weighted by atomic mass is 35.5.